The van der Waals surface area contributed by atoms with Crippen LogP contribution in [0.3, 0.4) is 0 Å². The average molecular weight is 243 g/mol. The molecule has 2 nitrogen and oxygen atoms in total. The molecule has 3 rings (SSSR count). The summed E-state index contributed by atoms with van der Waals surface area (Å²) in [5.74, 6) is 0. The van der Waals surface area contributed by atoms with Crippen LogP contribution in [0.15, 0.2) is 0 Å². The predicted molar refractivity (Wildman–Crippen MR) is 67.3 cm³/mol. The van der Waals surface area contributed by atoms with Crippen molar-refractivity contribution in [3.8, 4) is 0 Å². The average Bonchev–Trinajstić information content (AvgIpc) is 2.86. The second-order valence-corrected chi connectivity index (χ2v) is 6.58. The summed E-state index contributed by atoms with van der Waals surface area (Å²) in [7, 11) is 0. The van der Waals surface area contributed by atoms with E-state index in [2.05, 4.69) is 4.90 Å². The Morgan fingerprint density at radius 1 is 1.33 bits per heavy atom. The molecule has 3 atom stereocenters. The van der Waals surface area contributed by atoms with Crippen LogP contribution < -0.4 is 0 Å². The molecule has 0 aromatic rings. The number of thiocarbonyl (C=S) groups is 1. The largest absolute Gasteiger partial charge is 0.376 e. The standard InChI is InChI=1S/C11H17NOS2/c14-11-12(7-8-3-2-6-13-8)9-4-1-5-10(9)15-11/h8-10H,1-7H2/t8-,9-,10+/m0/s1. The predicted octanol–water partition coefficient (Wildman–Crippen LogP) is 2.42. The van der Waals surface area contributed by atoms with Gasteiger partial charge in [-0.3, -0.25) is 0 Å². The van der Waals surface area contributed by atoms with E-state index in [0.29, 0.717) is 6.10 Å². The van der Waals surface area contributed by atoms with Crippen LogP contribution in [0.2, 0.25) is 0 Å². The van der Waals surface area contributed by atoms with Gasteiger partial charge < -0.3 is 9.64 Å². The lowest BCUT2D eigenvalue weighted by Gasteiger charge is -2.27. The number of fused-ring (bicyclic) bond motifs is 1. The van der Waals surface area contributed by atoms with E-state index in [0.717, 1.165) is 28.8 Å². The van der Waals surface area contributed by atoms with Crippen molar-refractivity contribution < 1.29 is 4.74 Å². The minimum atomic E-state index is 0.447. The Balaban J connectivity index is 1.65. The molecule has 0 unspecified atom stereocenters. The third-order valence-corrected chi connectivity index (χ3v) is 5.54. The molecule has 84 valence electrons. The van der Waals surface area contributed by atoms with Crippen LogP contribution in [-0.4, -0.2) is 39.8 Å². The molecule has 0 radical (unpaired) electrons. The maximum absolute atomic E-state index is 5.70. The zero-order valence-electron chi connectivity index (χ0n) is 8.85. The van der Waals surface area contributed by atoms with E-state index in [1.807, 2.05) is 11.8 Å². The van der Waals surface area contributed by atoms with Gasteiger partial charge in [-0.2, -0.15) is 0 Å². The minimum Gasteiger partial charge on any atom is -0.376 e. The van der Waals surface area contributed by atoms with Crippen molar-refractivity contribution in [2.75, 3.05) is 13.2 Å². The maximum Gasteiger partial charge on any atom is 0.137 e. The second kappa shape index (κ2) is 4.22. The molecular formula is C11H17NOS2. The molecule has 3 fully saturated rings. The third-order valence-electron chi connectivity index (χ3n) is 3.73. The molecule has 15 heavy (non-hydrogen) atoms. The first-order valence-corrected chi connectivity index (χ1v) is 7.22. The van der Waals surface area contributed by atoms with Gasteiger partial charge in [0, 0.05) is 24.4 Å². The Morgan fingerprint density at radius 3 is 3.07 bits per heavy atom. The Hall–Kier alpha value is 0.200. The molecule has 3 aliphatic rings. The molecule has 0 spiro atoms. The van der Waals surface area contributed by atoms with E-state index in [4.69, 9.17) is 17.0 Å². The number of rotatable bonds is 2. The van der Waals surface area contributed by atoms with Crippen LogP contribution in [0, 0.1) is 0 Å². The van der Waals surface area contributed by atoms with Gasteiger partial charge in [0.05, 0.1) is 6.10 Å². The zero-order valence-corrected chi connectivity index (χ0v) is 10.5. The summed E-state index contributed by atoms with van der Waals surface area (Å²) in [4.78, 5) is 2.45. The lowest BCUT2D eigenvalue weighted by molar-refractivity contribution is 0.0858. The van der Waals surface area contributed by atoms with Crippen LogP contribution in [-0.2, 0) is 4.74 Å². The quantitative estimate of drug-likeness (QED) is 0.690. The molecule has 1 aliphatic carbocycles. The molecule has 0 bridgehead atoms. The van der Waals surface area contributed by atoms with E-state index < -0.39 is 0 Å². The number of nitrogens with zero attached hydrogens (tertiary/aromatic N) is 1. The first kappa shape index (κ1) is 10.4. The summed E-state index contributed by atoms with van der Waals surface area (Å²) < 4.78 is 6.83. The van der Waals surface area contributed by atoms with E-state index >= 15 is 0 Å². The van der Waals surface area contributed by atoms with Gasteiger partial charge in [0.2, 0.25) is 0 Å². The van der Waals surface area contributed by atoms with Crippen molar-refractivity contribution in [2.45, 2.75) is 49.5 Å². The van der Waals surface area contributed by atoms with E-state index in [9.17, 15) is 0 Å². The van der Waals surface area contributed by atoms with Gasteiger partial charge in [-0.15, -0.1) is 0 Å². The van der Waals surface area contributed by atoms with Crippen LogP contribution in [0.25, 0.3) is 0 Å². The fourth-order valence-corrected chi connectivity index (χ4v) is 4.86. The summed E-state index contributed by atoms with van der Waals surface area (Å²) in [5, 5.41) is 0.791. The molecule has 0 N–H and O–H groups in total. The Morgan fingerprint density at radius 2 is 2.27 bits per heavy atom. The first-order chi connectivity index (χ1) is 7.34. The second-order valence-electron chi connectivity index (χ2n) is 4.71. The number of hydrogen-bond donors (Lipinski definition) is 0. The lowest BCUT2D eigenvalue weighted by Crippen LogP contribution is -2.39. The highest BCUT2D eigenvalue weighted by Crippen LogP contribution is 2.42. The van der Waals surface area contributed by atoms with Gasteiger partial charge >= 0.3 is 0 Å². The maximum atomic E-state index is 5.70. The van der Waals surface area contributed by atoms with Gasteiger partial charge in [0.1, 0.15) is 4.32 Å². The van der Waals surface area contributed by atoms with Crippen LogP contribution in [0.5, 0.6) is 0 Å². The van der Waals surface area contributed by atoms with E-state index in [1.165, 1.54) is 32.1 Å². The summed E-state index contributed by atoms with van der Waals surface area (Å²) in [6.07, 6.45) is 6.98. The lowest BCUT2D eigenvalue weighted by atomic mass is 10.2. The summed E-state index contributed by atoms with van der Waals surface area (Å²) in [5.41, 5.74) is 0. The van der Waals surface area contributed by atoms with Gasteiger partial charge in [0.25, 0.3) is 0 Å². The fraction of sp³-hybridized carbons (Fsp3) is 0.909. The fourth-order valence-electron chi connectivity index (χ4n) is 2.95. The van der Waals surface area contributed by atoms with Crippen molar-refractivity contribution in [3.05, 3.63) is 0 Å². The molecular weight excluding hydrogens is 226 g/mol. The monoisotopic (exact) mass is 243 g/mol. The highest BCUT2D eigenvalue weighted by molar-refractivity contribution is 8.23. The molecule has 2 saturated heterocycles. The molecule has 2 aliphatic heterocycles. The van der Waals surface area contributed by atoms with Gasteiger partial charge in [0.15, 0.2) is 0 Å². The molecule has 4 heteroatoms. The van der Waals surface area contributed by atoms with Crippen LogP contribution >= 0.6 is 24.0 Å². The molecule has 2 heterocycles. The molecule has 0 aromatic carbocycles. The minimum absolute atomic E-state index is 0.447. The van der Waals surface area contributed by atoms with Crippen LogP contribution in [0.4, 0.5) is 0 Å². The first-order valence-electron chi connectivity index (χ1n) is 5.93. The third kappa shape index (κ3) is 1.92. The van der Waals surface area contributed by atoms with Gasteiger partial charge in [-0.1, -0.05) is 30.4 Å². The molecule has 0 aromatic heterocycles. The smallest absolute Gasteiger partial charge is 0.137 e. The van der Waals surface area contributed by atoms with Crippen molar-refractivity contribution in [3.63, 3.8) is 0 Å². The highest BCUT2D eigenvalue weighted by Gasteiger charge is 2.42. The van der Waals surface area contributed by atoms with Gasteiger partial charge in [-0.05, 0) is 25.7 Å². The number of hydrogen-bond acceptors (Lipinski definition) is 3. The number of thioether (sulfide) groups is 1. The van der Waals surface area contributed by atoms with Crippen molar-refractivity contribution in [2.24, 2.45) is 0 Å². The highest BCUT2D eigenvalue weighted by atomic mass is 32.2. The normalized spacial score (nSPS) is 40.1. The summed E-state index contributed by atoms with van der Waals surface area (Å²) >= 11 is 7.39. The van der Waals surface area contributed by atoms with E-state index in [-0.39, 0.29) is 0 Å². The van der Waals surface area contributed by atoms with E-state index in [1.54, 1.807) is 0 Å². The number of ether oxygens (including phenoxy) is 1. The Labute approximate surface area is 101 Å². The van der Waals surface area contributed by atoms with Crippen LogP contribution in [0.1, 0.15) is 32.1 Å². The summed E-state index contributed by atoms with van der Waals surface area (Å²) in [6.45, 7) is 2.00. The van der Waals surface area contributed by atoms with Crippen molar-refractivity contribution in [1.29, 1.82) is 0 Å². The van der Waals surface area contributed by atoms with Crippen molar-refractivity contribution in [1.82, 2.24) is 4.90 Å². The SMILES string of the molecule is S=C1S[C@@H]2CCC[C@@H]2N1C[C@@H]1CCCO1. The topological polar surface area (TPSA) is 12.5 Å². The van der Waals surface area contributed by atoms with Crippen molar-refractivity contribution >= 4 is 28.3 Å². The van der Waals surface area contributed by atoms with Gasteiger partial charge in [-0.25, -0.2) is 0 Å². The Kier molecular flexibility index (Phi) is 2.92. The Bertz CT molecular complexity index is 265. The zero-order chi connectivity index (χ0) is 10.3. The molecule has 1 saturated carbocycles. The summed E-state index contributed by atoms with van der Waals surface area (Å²) in [6, 6.07) is 0.728. The molecule has 0 amide bonds.